The number of hydrogen-bond acceptors (Lipinski definition) is 5. The minimum Gasteiger partial charge on any atom is -0.506 e. The number of nitrogens with two attached hydrogens (primary N) is 1. The lowest BCUT2D eigenvalue weighted by Crippen LogP contribution is -2.06. The Balaban J connectivity index is 2.23. The number of nitrogen functional groups attached to an aromatic ring is 1. The van der Waals surface area contributed by atoms with Gasteiger partial charge in [0.15, 0.2) is 9.84 Å². The van der Waals surface area contributed by atoms with Gasteiger partial charge in [0, 0.05) is 5.56 Å². The van der Waals surface area contributed by atoms with Crippen LogP contribution in [0.2, 0.25) is 0 Å². The zero-order chi connectivity index (χ0) is 12.9. The van der Waals surface area contributed by atoms with Crippen LogP contribution in [0.1, 0.15) is 11.3 Å². The number of benzene rings is 1. The van der Waals surface area contributed by atoms with E-state index in [1.807, 2.05) is 0 Å². The minimum absolute atomic E-state index is 0.0343. The molecule has 0 fully saturated rings. The second-order valence-electron chi connectivity index (χ2n) is 4.24. The fraction of sp³-hybridized carbons (Fsp3) is 0.182. The Labute approximate surface area is 104 Å². The maximum Gasteiger partial charge on any atom is 0.160 e. The van der Waals surface area contributed by atoms with Crippen molar-refractivity contribution >= 4 is 15.7 Å². The van der Waals surface area contributed by atoms with Gasteiger partial charge in [-0.1, -0.05) is 12.1 Å². The van der Waals surface area contributed by atoms with Crippen LogP contribution in [-0.2, 0) is 21.3 Å². The number of fused-ring (bicyclic) bond motifs is 1. The normalized spacial score (nSPS) is 16.7. The molecule has 0 amide bonds. The van der Waals surface area contributed by atoms with E-state index in [0.717, 1.165) is 0 Å². The van der Waals surface area contributed by atoms with E-state index in [1.54, 1.807) is 18.2 Å². The van der Waals surface area contributed by atoms with Gasteiger partial charge in [0.05, 0.1) is 17.2 Å². The molecule has 0 bridgehead atoms. The molecule has 1 aromatic carbocycles. The number of sulfone groups is 1. The Morgan fingerprint density at radius 3 is 2.72 bits per heavy atom. The van der Waals surface area contributed by atoms with E-state index in [1.165, 1.54) is 10.7 Å². The Bertz CT molecular complexity index is 734. The van der Waals surface area contributed by atoms with Gasteiger partial charge in [-0.3, -0.25) is 0 Å². The van der Waals surface area contributed by atoms with Crippen molar-refractivity contribution in [2.45, 2.75) is 11.5 Å². The van der Waals surface area contributed by atoms with Gasteiger partial charge in [-0.2, -0.15) is 0 Å². The van der Waals surface area contributed by atoms with Crippen LogP contribution in [0.4, 0.5) is 5.82 Å². The number of rotatable bonds is 1. The van der Waals surface area contributed by atoms with Crippen molar-refractivity contribution < 1.29 is 13.5 Å². The molecule has 18 heavy (non-hydrogen) atoms. The Hall–Kier alpha value is -2.02. The predicted octanol–water partition coefficient (Wildman–Crippen LogP) is 0.589. The van der Waals surface area contributed by atoms with Crippen LogP contribution in [0.5, 0.6) is 5.75 Å². The molecule has 7 heteroatoms. The zero-order valence-electron chi connectivity index (χ0n) is 9.37. The summed E-state index contributed by atoms with van der Waals surface area (Å²) in [4.78, 5) is 0. The van der Waals surface area contributed by atoms with Gasteiger partial charge < -0.3 is 10.8 Å². The summed E-state index contributed by atoms with van der Waals surface area (Å²) in [6, 6.07) is 6.60. The molecule has 3 N–H and O–H groups in total. The lowest BCUT2D eigenvalue weighted by Gasteiger charge is -2.06. The number of hydrogen-bond donors (Lipinski definition) is 2. The Kier molecular flexibility index (Phi) is 2.15. The third kappa shape index (κ3) is 1.55. The lowest BCUT2D eigenvalue weighted by molar-refractivity contribution is 0.470. The van der Waals surface area contributed by atoms with Crippen molar-refractivity contribution in [1.29, 1.82) is 0 Å². The average molecular weight is 265 g/mol. The molecule has 0 aliphatic carbocycles. The van der Waals surface area contributed by atoms with Gasteiger partial charge in [-0.25, -0.2) is 13.1 Å². The van der Waals surface area contributed by atoms with E-state index in [4.69, 9.17) is 5.73 Å². The first-order chi connectivity index (χ1) is 8.48. The van der Waals surface area contributed by atoms with Gasteiger partial charge >= 0.3 is 0 Å². The number of nitrogens with zero attached hydrogens (tertiary/aromatic N) is 2. The lowest BCUT2D eigenvalue weighted by atomic mass is 10.2. The molecule has 0 saturated heterocycles. The van der Waals surface area contributed by atoms with Crippen molar-refractivity contribution in [2.75, 3.05) is 5.73 Å². The first-order valence-corrected chi connectivity index (χ1v) is 7.15. The van der Waals surface area contributed by atoms with Gasteiger partial charge in [0.2, 0.25) is 0 Å². The molecular formula is C11H11N3O3S. The number of aromatic hydroxyl groups is 1. The maximum absolute atomic E-state index is 11.6. The van der Waals surface area contributed by atoms with Crippen molar-refractivity contribution in [3.63, 3.8) is 0 Å². The molecule has 0 unspecified atom stereocenters. The Morgan fingerprint density at radius 1 is 1.28 bits per heavy atom. The van der Waals surface area contributed by atoms with E-state index in [0.29, 0.717) is 16.9 Å². The summed E-state index contributed by atoms with van der Waals surface area (Å²) in [7, 11) is -3.15. The smallest absolute Gasteiger partial charge is 0.160 e. The van der Waals surface area contributed by atoms with Crippen LogP contribution in [0.25, 0.3) is 5.69 Å². The van der Waals surface area contributed by atoms with E-state index in [2.05, 4.69) is 5.10 Å². The topological polar surface area (TPSA) is 98.2 Å². The fourth-order valence-electron chi connectivity index (χ4n) is 2.13. The molecule has 0 spiro atoms. The fourth-order valence-corrected chi connectivity index (χ4v) is 3.70. The van der Waals surface area contributed by atoms with E-state index in [-0.39, 0.29) is 23.1 Å². The molecule has 94 valence electrons. The van der Waals surface area contributed by atoms with E-state index in [9.17, 15) is 13.5 Å². The summed E-state index contributed by atoms with van der Waals surface area (Å²) in [6.45, 7) is 0. The second kappa shape index (κ2) is 3.49. The Morgan fingerprint density at radius 2 is 2.00 bits per heavy atom. The highest BCUT2D eigenvalue weighted by molar-refractivity contribution is 7.90. The molecule has 0 saturated carbocycles. The van der Waals surface area contributed by atoms with E-state index < -0.39 is 9.84 Å². The third-order valence-electron chi connectivity index (χ3n) is 2.95. The molecule has 1 aliphatic rings. The summed E-state index contributed by atoms with van der Waals surface area (Å²) < 4.78 is 24.6. The van der Waals surface area contributed by atoms with Gasteiger partial charge in [0.25, 0.3) is 0 Å². The maximum atomic E-state index is 11.6. The molecular weight excluding hydrogens is 254 g/mol. The van der Waals surface area contributed by atoms with Gasteiger partial charge in [-0.15, -0.1) is 5.10 Å². The molecule has 0 atom stereocenters. The van der Waals surface area contributed by atoms with Gasteiger partial charge in [-0.05, 0) is 12.1 Å². The highest BCUT2D eigenvalue weighted by atomic mass is 32.2. The number of phenols is 1. The standard InChI is InChI=1S/C11H11N3O3S/c12-11-7-5-18(16,17)6-9(7)14(13-11)8-3-1-2-4-10(8)15/h1-4,15H,5-6H2,(H2,12,13). The number of anilines is 1. The first-order valence-electron chi connectivity index (χ1n) is 5.33. The zero-order valence-corrected chi connectivity index (χ0v) is 10.2. The molecule has 2 aromatic rings. The molecule has 1 aromatic heterocycles. The first kappa shape index (κ1) is 11.1. The van der Waals surface area contributed by atoms with E-state index >= 15 is 0 Å². The SMILES string of the molecule is Nc1nn(-c2ccccc2O)c2c1CS(=O)(=O)C2. The minimum atomic E-state index is -3.15. The molecule has 0 radical (unpaired) electrons. The third-order valence-corrected chi connectivity index (χ3v) is 4.39. The predicted molar refractivity (Wildman–Crippen MR) is 66.0 cm³/mol. The summed E-state index contributed by atoms with van der Waals surface area (Å²) in [5, 5.41) is 13.9. The molecule has 3 rings (SSSR count). The monoisotopic (exact) mass is 265 g/mol. The van der Waals surface area contributed by atoms with Crippen LogP contribution in [0, 0.1) is 0 Å². The number of para-hydroxylation sites is 2. The summed E-state index contributed by atoms with van der Waals surface area (Å²) in [5.41, 5.74) is 7.23. The highest BCUT2D eigenvalue weighted by Gasteiger charge is 2.32. The van der Waals surface area contributed by atoms with Gasteiger partial charge in [0.1, 0.15) is 17.3 Å². The second-order valence-corrected chi connectivity index (χ2v) is 6.31. The highest BCUT2D eigenvalue weighted by Crippen LogP contribution is 2.33. The van der Waals surface area contributed by atoms with Crippen molar-refractivity contribution in [1.82, 2.24) is 9.78 Å². The summed E-state index contributed by atoms with van der Waals surface area (Å²) in [5.74, 6) is 0.0595. The number of phenolic OH excluding ortho intramolecular Hbond substituents is 1. The average Bonchev–Trinajstić information content (AvgIpc) is 2.75. The largest absolute Gasteiger partial charge is 0.506 e. The van der Waals surface area contributed by atoms with Crippen LogP contribution in [0.3, 0.4) is 0 Å². The quantitative estimate of drug-likeness (QED) is 0.786. The van der Waals surface area contributed by atoms with Crippen molar-refractivity contribution in [3.05, 3.63) is 35.5 Å². The molecule has 2 heterocycles. The van der Waals surface area contributed by atoms with Crippen LogP contribution >= 0.6 is 0 Å². The summed E-state index contributed by atoms with van der Waals surface area (Å²) >= 11 is 0. The summed E-state index contributed by atoms with van der Waals surface area (Å²) in [6.07, 6.45) is 0. The molecule has 1 aliphatic heterocycles. The van der Waals surface area contributed by atoms with Crippen molar-refractivity contribution in [3.8, 4) is 11.4 Å². The van der Waals surface area contributed by atoms with Crippen molar-refractivity contribution in [2.24, 2.45) is 0 Å². The molecule has 6 nitrogen and oxygen atoms in total. The number of aromatic nitrogens is 2. The van der Waals surface area contributed by atoms with Crippen LogP contribution < -0.4 is 5.73 Å². The van der Waals surface area contributed by atoms with Crippen LogP contribution in [0.15, 0.2) is 24.3 Å². The van der Waals surface area contributed by atoms with Crippen LogP contribution in [-0.4, -0.2) is 23.3 Å².